The van der Waals surface area contributed by atoms with Crippen molar-refractivity contribution >= 4 is 28.7 Å². The number of benzene rings is 1. The molecule has 4 N–H and O–H groups in total. The van der Waals surface area contributed by atoms with Gasteiger partial charge in [-0.3, -0.25) is 14.4 Å². The van der Waals surface area contributed by atoms with E-state index in [1.807, 2.05) is 30.5 Å². The van der Waals surface area contributed by atoms with Crippen LogP contribution < -0.4 is 10.6 Å². The molecule has 2 rings (SSSR count). The number of fused-ring (bicyclic) bond motifs is 1. The van der Waals surface area contributed by atoms with Gasteiger partial charge in [0, 0.05) is 36.5 Å². The molecule has 2 atom stereocenters. The van der Waals surface area contributed by atoms with Gasteiger partial charge in [-0.2, -0.15) is 0 Å². The third-order valence-corrected chi connectivity index (χ3v) is 5.54. The molecule has 9 nitrogen and oxygen atoms in total. The van der Waals surface area contributed by atoms with Crippen LogP contribution in [0.1, 0.15) is 31.2 Å². The first-order valence-electron chi connectivity index (χ1n) is 12.2. The minimum atomic E-state index is -0.622. The Bertz CT molecular complexity index is 1000. The van der Waals surface area contributed by atoms with Gasteiger partial charge in [-0.25, -0.2) is 0 Å². The minimum absolute atomic E-state index is 0.0103. The molecule has 0 saturated heterocycles. The zero-order valence-electron chi connectivity index (χ0n) is 20.7. The second-order valence-corrected chi connectivity index (χ2v) is 8.39. The van der Waals surface area contributed by atoms with Crippen molar-refractivity contribution in [1.82, 2.24) is 15.6 Å². The van der Waals surface area contributed by atoms with Crippen LogP contribution in [0.4, 0.5) is 0 Å². The summed E-state index contributed by atoms with van der Waals surface area (Å²) < 4.78 is 10.6. The number of amides is 2. The molecule has 0 radical (unpaired) electrons. The summed E-state index contributed by atoms with van der Waals surface area (Å²) in [5, 5.41) is 15.4. The number of hydrogen-bond acceptors (Lipinski definition) is 6. The lowest BCUT2D eigenvalue weighted by Gasteiger charge is -2.22. The summed E-state index contributed by atoms with van der Waals surface area (Å²) in [6.45, 7) is 8.01. The zero-order valence-corrected chi connectivity index (χ0v) is 20.7. The molecule has 36 heavy (non-hydrogen) atoms. The summed E-state index contributed by atoms with van der Waals surface area (Å²) >= 11 is 0. The third-order valence-electron chi connectivity index (χ3n) is 5.54. The van der Waals surface area contributed by atoms with Crippen LogP contribution in [0.25, 0.3) is 10.9 Å². The quantitative estimate of drug-likeness (QED) is 0.142. The number of aromatic amines is 1. The third kappa shape index (κ3) is 10.1. The van der Waals surface area contributed by atoms with Gasteiger partial charge in [-0.05, 0) is 30.9 Å². The van der Waals surface area contributed by atoms with Gasteiger partial charge in [-0.1, -0.05) is 30.4 Å². The van der Waals surface area contributed by atoms with Gasteiger partial charge in [0.2, 0.25) is 11.8 Å². The molecular formula is C27H37N3O6. The highest BCUT2D eigenvalue weighted by molar-refractivity contribution is 5.86. The number of allylic oxidation sites excluding steroid dienone is 2. The number of para-hydroxylation sites is 1. The number of esters is 1. The molecule has 196 valence electrons. The van der Waals surface area contributed by atoms with Crippen LogP contribution in [0.5, 0.6) is 0 Å². The lowest BCUT2D eigenvalue weighted by atomic mass is 9.98. The van der Waals surface area contributed by atoms with E-state index in [0.29, 0.717) is 19.3 Å². The highest BCUT2D eigenvalue weighted by Crippen LogP contribution is 2.20. The Kier molecular flexibility index (Phi) is 13.0. The van der Waals surface area contributed by atoms with E-state index in [1.54, 1.807) is 12.2 Å². The predicted octanol–water partition coefficient (Wildman–Crippen LogP) is 2.41. The largest absolute Gasteiger partial charge is 0.463 e. The summed E-state index contributed by atoms with van der Waals surface area (Å²) in [5.74, 6) is -1.58. The Labute approximate surface area is 211 Å². The molecule has 0 spiro atoms. The number of ether oxygens (including phenoxy) is 2. The smallest absolute Gasteiger partial charge is 0.306 e. The number of hydrogen-bond donors (Lipinski definition) is 4. The maximum absolute atomic E-state index is 13.2. The fraction of sp³-hybridized carbons (Fsp3) is 0.444. The first-order valence-corrected chi connectivity index (χ1v) is 12.2. The van der Waals surface area contributed by atoms with Crippen LogP contribution in [0.15, 0.2) is 55.8 Å². The van der Waals surface area contributed by atoms with Crippen molar-refractivity contribution in [2.75, 3.05) is 33.0 Å². The van der Waals surface area contributed by atoms with Gasteiger partial charge < -0.3 is 30.2 Å². The van der Waals surface area contributed by atoms with E-state index in [-0.39, 0.29) is 63.6 Å². The van der Waals surface area contributed by atoms with Gasteiger partial charge in [0.15, 0.2) is 0 Å². The monoisotopic (exact) mass is 499 g/mol. The highest BCUT2D eigenvalue weighted by Gasteiger charge is 2.25. The van der Waals surface area contributed by atoms with Crippen molar-refractivity contribution in [3.63, 3.8) is 0 Å². The molecule has 0 bridgehead atoms. The Morgan fingerprint density at radius 3 is 2.69 bits per heavy atom. The van der Waals surface area contributed by atoms with E-state index in [0.717, 1.165) is 16.5 Å². The normalized spacial score (nSPS) is 12.5. The van der Waals surface area contributed by atoms with Crippen LogP contribution in [0.3, 0.4) is 0 Å². The van der Waals surface area contributed by atoms with E-state index in [9.17, 15) is 14.4 Å². The summed E-state index contributed by atoms with van der Waals surface area (Å²) in [6.07, 6.45) is 6.62. The summed E-state index contributed by atoms with van der Waals surface area (Å²) in [6, 6.07) is 7.36. The molecule has 0 fully saturated rings. The molecule has 0 aliphatic heterocycles. The van der Waals surface area contributed by atoms with Crippen LogP contribution in [-0.4, -0.2) is 66.9 Å². The molecule has 0 unspecified atom stereocenters. The first kappa shape index (κ1) is 28.8. The van der Waals surface area contributed by atoms with Gasteiger partial charge >= 0.3 is 5.97 Å². The molecule has 2 aromatic rings. The summed E-state index contributed by atoms with van der Waals surface area (Å²) in [4.78, 5) is 40.8. The van der Waals surface area contributed by atoms with Crippen molar-refractivity contribution in [3.8, 4) is 0 Å². The number of aromatic nitrogens is 1. The molecule has 1 aromatic carbocycles. The van der Waals surface area contributed by atoms with Crippen LogP contribution in [0, 0.1) is 5.92 Å². The standard InChI is InChI=1S/C27H37N3O6/c1-3-5-11-26(33)36-19-22(16-21-18-29-24-10-7-6-9-23(21)24)30-27(34)20(8-4-2)17-25(32)28-12-14-35-15-13-31/h3-4,6-7,9-10,18,20,22,29,31H,1-2,5,8,11-17,19H2,(H,28,32)(H,30,34)/t20-,22-/m0/s1. The fourth-order valence-corrected chi connectivity index (χ4v) is 3.73. The molecule has 1 aromatic heterocycles. The van der Waals surface area contributed by atoms with Gasteiger partial charge in [0.1, 0.15) is 6.61 Å². The van der Waals surface area contributed by atoms with Crippen LogP contribution >= 0.6 is 0 Å². The zero-order chi connectivity index (χ0) is 26.2. The molecule has 0 aliphatic rings. The minimum Gasteiger partial charge on any atom is -0.463 e. The lowest BCUT2D eigenvalue weighted by Crippen LogP contribution is -2.44. The Hall–Kier alpha value is -3.43. The van der Waals surface area contributed by atoms with E-state index in [1.165, 1.54) is 0 Å². The van der Waals surface area contributed by atoms with Crippen molar-refractivity contribution in [2.24, 2.45) is 5.92 Å². The molecular weight excluding hydrogens is 462 g/mol. The highest BCUT2D eigenvalue weighted by atomic mass is 16.5. The number of carbonyl (C=O) groups is 3. The average molecular weight is 500 g/mol. The van der Waals surface area contributed by atoms with Crippen LogP contribution in [0.2, 0.25) is 0 Å². The molecule has 0 saturated carbocycles. The number of carbonyl (C=O) groups excluding carboxylic acids is 3. The van der Waals surface area contributed by atoms with E-state index >= 15 is 0 Å². The Balaban J connectivity index is 2.04. The molecule has 1 heterocycles. The lowest BCUT2D eigenvalue weighted by molar-refractivity contribution is -0.145. The molecule has 2 amide bonds. The summed E-state index contributed by atoms with van der Waals surface area (Å²) in [7, 11) is 0. The topological polar surface area (TPSA) is 130 Å². The van der Waals surface area contributed by atoms with Gasteiger partial charge in [-0.15, -0.1) is 13.2 Å². The summed E-state index contributed by atoms with van der Waals surface area (Å²) in [5.41, 5.74) is 1.96. The van der Waals surface area contributed by atoms with E-state index < -0.39 is 12.0 Å². The van der Waals surface area contributed by atoms with E-state index in [2.05, 4.69) is 28.8 Å². The average Bonchev–Trinajstić information content (AvgIpc) is 3.28. The van der Waals surface area contributed by atoms with Crippen molar-refractivity contribution in [3.05, 3.63) is 61.3 Å². The van der Waals surface area contributed by atoms with E-state index in [4.69, 9.17) is 14.6 Å². The number of H-pyrrole nitrogens is 1. The second-order valence-electron chi connectivity index (χ2n) is 8.39. The Morgan fingerprint density at radius 1 is 1.14 bits per heavy atom. The maximum Gasteiger partial charge on any atom is 0.306 e. The molecule has 0 aliphatic carbocycles. The number of aliphatic hydroxyl groups excluding tert-OH is 1. The second kappa shape index (κ2) is 16.3. The SMILES string of the molecule is C=CCCC(=O)OC[C@H](Cc1c[nH]c2ccccc12)NC(=O)[C@@H](CC=C)CC(=O)NCCOCCO. The Morgan fingerprint density at radius 2 is 1.94 bits per heavy atom. The van der Waals surface area contributed by atoms with Crippen molar-refractivity contribution in [1.29, 1.82) is 0 Å². The maximum atomic E-state index is 13.2. The first-order chi connectivity index (χ1) is 17.5. The van der Waals surface area contributed by atoms with Gasteiger partial charge in [0.25, 0.3) is 0 Å². The number of nitrogens with one attached hydrogen (secondary N) is 3. The fourth-order valence-electron chi connectivity index (χ4n) is 3.73. The van der Waals surface area contributed by atoms with Gasteiger partial charge in [0.05, 0.1) is 31.8 Å². The molecule has 9 heteroatoms. The van der Waals surface area contributed by atoms with Crippen molar-refractivity contribution in [2.45, 2.75) is 38.1 Å². The van der Waals surface area contributed by atoms with Crippen molar-refractivity contribution < 1.29 is 29.0 Å². The number of aliphatic hydroxyl groups is 1. The number of rotatable bonds is 18. The predicted molar refractivity (Wildman–Crippen MR) is 138 cm³/mol. The van der Waals surface area contributed by atoms with Crippen LogP contribution in [-0.2, 0) is 30.3 Å².